The summed E-state index contributed by atoms with van der Waals surface area (Å²) in [4.78, 5) is 42.2. The van der Waals surface area contributed by atoms with E-state index in [-0.39, 0.29) is 5.56 Å². The van der Waals surface area contributed by atoms with Crippen LogP contribution in [0.5, 0.6) is 5.88 Å². The quantitative estimate of drug-likeness (QED) is 0.374. The van der Waals surface area contributed by atoms with E-state index in [1.54, 1.807) is 19.2 Å². The van der Waals surface area contributed by atoms with Gasteiger partial charge in [0.15, 0.2) is 0 Å². The number of benzene rings is 2. The maximum atomic E-state index is 13.0. The standard InChI is InChI=1S/C28H28ClN5O4/c1-16-18(8-7-11-22(16)31-25(35)21-15-33(3)28(37)34(4)27(21)36)19-9-6-10-20(24(19)29)23-13-12-17(14-30-2)26(32-23)38-5/h6-13,15,30H,14H2,1-5H3,(H,31,35). The van der Waals surface area contributed by atoms with E-state index < -0.39 is 17.2 Å². The molecule has 0 aliphatic heterocycles. The number of anilines is 1. The second-order valence-corrected chi connectivity index (χ2v) is 9.17. The summed E-state index contributed by atoms with van der Waals surface area (Å²) in [6.45, 7) is 2.48. The number of aryl methyl sites for hydroxylation is 1. The Labute approximate surface area is 224 Å². The predicted molar refractivity (Wildman–Crippen MR) is 149 cm³/mol. The Hall–Kier alpha value is -4.21. The molecule has 2 aromatic heterocycles. The Morgan fingerprint density at radius 2 is 1.71 bits per heavy atom. The molecule has 0 saturated carbocycles. The molecule has 2 heterocycles. The van der Waals surface area contributed by atoms with E-state index in [0.29, 0.717) is 28.8 Å². The van der Waals surface area contributed by atoms with Crippen molar-refractivity contribution < 1.29 is 9.53 Å². The van der Waals surface area contributed by atoms with E-state index in [0.717, 1.165) is 32.4 Å². The summed E-state index contributed by atoms with van der Waals surface area (Å²) in [5.74, 6) is -0.0944. The molecule has 196 valence electrons. The first-order chi connectivity index (χ1) is 18.2. The minimum absolute atomic E-state index is 0.138. The number of carbonyl (C=O) groups is 1. The molecular formula is C28H28ClN5O4. The number of hydrogen-bond donors (Lipinski definition) is 2. The summed E-state index contributed by atoms with van der Waals surface area (Å²) in [5.41, 5.74) is 3.86. The molecule has 2 N–H and O–H groups in total. The summed E-state index contributed by atoms with van der Waals surface area (Å²) in [6, 6.07) is 15.0. The smallest absolute Gasteiger partial charge is 0.330 e. The lowest BCUT2D eigenvalue weighted by Gasteiger charge is -2.16. The van der Waals surface area contributed by atoms with Gasteiger partial charge in [-0.3, -0.25) is 14.2 Å². The van der Waals surface area contributed by atoms with Crippen LogP contribution in [0.1, 0.15) is 21.5 Å². The minimum atomic E-state index is -0.668. The van der Waals surface area contributed by atoms with Gasteiger partial charge in [-0.25, -0.2) is 9.78 Å². The SMILES string of the molecule is CNCc1ccc(-c2cccc(-c3cccc(NC(=O)c4cn(C)c(=O)n(C)c4=O)c3C)c2Cl)nc1OC. The number of rotatable bonds is 7. The van der Waals surface area contributed by atoms with Gasteiger partial charge >= 0.3 is 5.69 Å². The first-order valence-corrected chi connectivity index (χ1v) is 12.2. The van der Waals surface area contributed by atoms with E-state index in [9.17, 15) is 14.4 Å². The van der Waals surface area contributed by atoms with Crippen LogP contribution in [-0.2, 0) is 20.6 Å². The van der Waals surface area contributed by atoms with Crippen LogP contribution in [0, 0.1) is 6.92 Å². The van der Waals surface area contributed by atoms with Crippen molar-refractivity contribution in [3.05, 3.63) is 97.3 Å². The van der Waals surface area contributed by atoms with Crippen LogP contribution in [0.15, 0.2) is 64.3 Å². The van der Waals surface area contributed by atoms with Gasteiger partial charge in [-0.2, -0.15) is 0 Å². The molecule has 0 aliphatic rings. The van der Waals surface area contributed by atoms with E-state index in [1.807, 2.05) is 50.4 Å². The Bertz CT molecular complexity index is 1660. The molecule has 2 aromatic carbocycles. The maximum absolute atomic E-state index is 13.0. The van der Waals surface area contributed by atoms with Crippen LogP contribution in [-0.4, -0.2) is 34.2 Å². The fourth-order valence-electron chi connectivity index (χ4n) is 4.28. The average Bonchev–Trinajstić information content (AvgIpc) is 2.91. The lowest BCUT2D eigenvalue weighted by molar-refractivity contribution is 0.102. The molecule has 9 nitrogen and oxygen atoms in total. The fraction of sp³-hybridized carbons (Fsp3) is 0.214. The van der Waals surface area contributed by atoms with Gasteiger partial charge in [0.05, 0.1) is 17.8 Å². The minimum Gasteiger partial charge on any atom is -0.481 e. The molecule has 38 heavy (non-hydrogen) atoms. The van der Waals surface area contributed by atoms with Crippen molar-refractivity contribution in [1.82, 2.24) is 19.4 Å². The van der Waals surface area contributed by atoms with Crippen molar-refractivity contribution in [3.8, 4) is 28.3 Å². The summed E-state index contributed by atoms with van der Waals surface area (Å²) in [5, 5.41) is 6.40. The van der Waals surface area contributed by atoms with Crippen molar-refractivity contribution >= 4 is 23.2 Å². The number of aromatic nitrogens is 3. The maximum Gasteiger partial charge on any atom is 0.330 e. The van der Waals surface area contributed by atoms with E-state index >= 15 is 0 Å². The third-order valence-corrected chi connectivity index (χ3v) is 6.74. The van der Waals surface area contributed by atoms with Crippen molar-refractivity contribution in [2.24, 2.45) is 14.1 Å². The highest BCUT2D eigenvalue weighted by Gasteiger charge is 2.19. The first-order valence-electron chi connectivity index (χ1n) is 11.8. The molecular weight excluding hydrogens is 506 g/mol. The summed E-state index contributed by atoms with van der Waals surface area (Å²) in [6.07, 6.45) is 1.24. The highest BCUT2D eigenvalue weighted by Crippen LogP contribution is 2.39. The summed E-state index contributed by atoms with van der Waals surface area (Å²) < 4.78 is 7.57. The molecule has 0 atom stereocenters. The summed E-state index contributed by atoms with van der Waals surface area (Å²) >= 11 is 6.91. The van der Waals surface area contributed by atoms with Gasteiger partial charge in [-0.1, -0.05) is 48.0 Å². The van der Waals surface area contributed by atoms with E-state index in [4.69, 9.17) is 16.3 Å². The number of carbonyl (C=O) groups excluding carboxylic acids is 1. The van der Waals surface area contributed by atoms with Gasteiger partial charge in [0.2, 0.25) is 5.88 Å². The number of amides is 1. The van der Waals surface area contributed by atoms with Crippen LogP contribution in [0.4, 0.5) is 5.69 Å². The van der Waals surface area contributed by atoms with Crippen molar-refractivity contribution in [3.63, 3.8) is 0 Å². The summed E-state index contributed by atoms with van der Waals surface area (Å²) in [7, 11) is 6.25. The highest BCUT2D eigenvalue weighted by molar-refractivity contribution is 6.36. The fourth-order valence-corrected chi connectivity index (χ4v) is 4.60. The zero-order chi connectivity index (χ0) is 27.6. The number of nitrogens with one attached hydrogen (secondary N) is 2. The zero-order valence-electron chi connectivity index (χ0n) is 21.8. The van der Waals surface area contributed by atoms with Gasteiger partial charge < -0.3 is 19.9 Å². The van der Waals surface area contributed by atoms with E-state index in [2.05, 4.69) is 15.6 Å². The molecule has 0 radical (unpaired) electrons. The molecule has 10 heteroatoms. The Morgan fingerprint density at radius 3 is 2.42 bits per heavy atom. The normalized spacial score (nSPS) is 10.9. The zero-order valence-corrected chi connectivity index (χ0v) is 22.5. The molecule has 0 aliphatic carbocycles. The average molecular weight is 534 g/mol. The van der Waals surface area contributed by atoms with Crippen LogP contribution in [0.3, 0.4) is 0 Å². The third kappa shape index (κ3) is 4.98. The molecule has 4 aromatic rings. The second kappa shape index (κ2) is 11.0. The number of hydrogen-bond acceptors (Lipinski definition) is 6. The monoisotopic (exact) mass is 533 g/mol. The van der Waals surface area contributed by atoms with Crippen LogP contribution < -0.4 is 26.6 Å². The second-order valence-electron chi connectivity index (χ2n) is 8.80. The van der Waals surface area contributed by atoms with Gasteiger partial charge in [0, 0.05) is 49.2 Å². The van der Waals surface area contributed by atoms with Crippen molar-refractivity contribution in [2.45, 2.75) is 13.5 Å². The van der Waals surface area contributed by atoms with Gasteiger partial charge in [0.1, 0.15) is 5.56 Å². The topological polar surface area (TPSA) is 107 Å². The number of pyridine rings is 1. The lowest BCUT2D eigenvalue weighted by atomic mass is 9.96. The van der Waals surface area contributed by atoms with Crippen LogP contribution in [0.25, 0.3) is 22.4 Å². The number of ether oxygens (including phenoxy) is 1. The number of nitrogens with zero attached hydrogens (tertiary/aromatic N) is 3. The van der Waals surface area contributed by atoms with Crippen LogP contribution >= 0.6 is 11.6 Å². The Morgan fingerprint density at radius 1 is 1.03 bits per heavy atom. The lowest BCUT2D eigenvalue weighted by Crippen LogP contribution is -2.40. The van der Waals surface area contributed by atoms with Gasteiger partial charge in [-0.15, -0.1) is 0 Å². The molecule has 0 spiro atoms. The molecule has 0 unspecified atom stereocenters. The molecule has 0 saturated heterocycles. The Balaban J connectivity index is 1.73. The van der Waals surface area contributed by atoms with Crippen molar-refractivity contribution in [1.29, 1.82) is 0 Å². The number of methoxy groups -OCH3 is 1. The van der Waals surface area contributed by atoms with Gasteiger partial charge in [0.25, 0.3) is 11.5 Å². The van der Waals surface area contributed by atoms with Crippen molar-refractivity contribution in [2.75, 3.05) is 19.5 Å². The molecule has 4 rings (SSSR count). The molecule has 0 bridgehead atoms. The predicted octanol–water partition coefficient (Wildman–Crippen LogP) is 3.76. The van der Waals surface area contributed by atoms with E-state index in [1.165, 1.54) is 24.9 Å². The van der Waals surface area contributed by atoms with Crippen LogP contribution in [0.2, 0.25) is 5.02 Å². The largest absolute Gasteiger partial charge is 0.481 e. The third-order valence-electron chi connectivity index (χ3n) is 6.34. The molecule has 0 fully saturated rings. The number of halogens is 1. The molecule has 1 amide bonds. The highest BCUT2D eigenvalue weighted by atomic mass is 35.5. The van der Waals surface area contributed by atoms with Gasteiger partial charge in [-0.05, 0) is 37.2 Å². The first kappa shape index (κ1) is 26.8. The Kier molecular flexibility index (Phi) is 7.80.